The van der Waals surface area contributed by atoms with Crippen molar-refractivity contribution in [1.29, 1.82) is 0 Å². The minimum absolute atomic E-state index is 0.159. The summed E-state index contributed by atoms with van der Waals surface area (Å²) in [6.45, 7) is 1.52. The zero-order valence-electron chi connectivity index (χ0n) is 15.9. The second-order valence-electron chi connectivity index (χ2n) is 7.34. The van der Waals surface area contributed by atoms with Crippen molar-refractivity contribution < 1.29 is 14.7 Å². The Bertz CT molecular complexity index is 1230. The zero-order valence-corrected chi connectivity index (χ0v) is 15.9. The molecular formula is C24H20N2O3. The molecule has 5 heteroatoms. The number of hydrogen-bond acceptors (Lipinski definition) is 3. The largest absolute Gasteiger partial charge is 0.480 e. The number of aliphatic carboxylic acids is 1. The molecule has 5 nitrogen and oxygen atoms in total. The highest BCUT2D eigenvalue weighted by molar-refractivity contribution is 5.98. The maximum atomic E-state index is 12.8. The molecule has 0 aliphatic heterocycles. The Morgan fingerprint density at radius 2 is 1.55 bits per heavy atom. The number of carboxylic acid groups (broad SMARTS) is 1. The molecule has 0 aliphatic rings. The molecule has 0 bridgehead atoms. The molecule has 0 aliphatic carbocycles. The van der Waals surface area contributed by atoms with E-state index in [0.29, 0.717) is 5.52 Å². The Morgan fingerprint density at radius 1 is 0.897 bits per heavy atom. The zero-order chi connectivity index (χ0) is 20.4. The van der Waals surface area contributed by atoms with Crippen molar-refractivity contribution in [1.82, 2.24) is 10.3 Å². The smallest absolute Gasteiger partial charge is 0.329 e. The summed E-state index contributed by atoms with van der Waals surface area (Å²) in [6, 6.07) is 24.6. The molecule has 1 unspecified atom stereocenters. The van der Waals surface area contributed by atoms with E-state index < -0.39 is 17.4 Å². The van der Waals surface area contributed by atoms with Crippen LogP contribution in [0, 0.1) is 0 Å². The molecule has 1 amide bonds. The van der Waals surface area contributed by atoms with Gasteiger partial charge in [0.25, 0.3) is 5.91 Å². The predicted octanol–water partition coefficient (Wildman–Crippen LogP) is 4.20. The van der Waals surface area contributed by atoms with E-state index in [1.165, 1.54) is 6.92 Å². The lowest BCUT2D eigenvalue weighted by molar-refractivity contribution is -0.143. The van der Waals surface area contributed by atoms with Crippen molar-refractivity contribution in [2.75, 3.05) is 0 Å². The van der Waals surface area contributed by atoms with Gasteiger partial charge in [-0.3, -0.25) is 4.79 Å². The maximum absolute atomic E-state index is 12.8. The number of carbonyl (C=O) groups is 2. The number of benzene rings is 3. The van der Waals surface area contributed by atoms with Gasteiger partial charge in [0.05, 0.1) is 5.52 Å². The van der Waals surface area contributed by atoms with Gasteiger partial charge < -0.3 is 10.4 Å². The van der Waals surface area contributed by atoms with Crippen LogP contribution >= 0.6 is 0 Å². The fourth-order valence-electron chi connectivity index (χ4n) is 3.44. The van der Waals surface area contributed by atoms with Crippen LogP contribution in [0.2, 0.25) is 0 Å². The molecule has 1 heterocycles. The summed E-state index contributed by atoms with van der Waals surface area (Å²) in [4.78, 5) is 29.2. The second kappa shape index (κ2) is 7.36. The number of aromatic nitrogens is 1. The molecule has 0 saturated carbocycles. The molecule has 0 saturated heterocycles. The first kappa shape index (κ1) is 18.6. The summed E-state index contributed by atoms with van der Waals surface area (Å²) in [7, 11) is 0. The molecule has 4 rings (SSSR count). The summed E-state index contributed by atoms with van der Waals surface area (Å²) in [5.41, 5.74) is 0.245. The molecule has 0 radical (unpaired) electrons. The topological polar surface area (TPSA) is 79.3 Å². The number of nitrogens with one attached hydrogen (secondary N) is 1. The normalized spacial score (nSPS) is 13.1. The fourth-order valence-corrected chi connectivity index (χ4v) is 3.44. The summed E-state index contributed by atoms with van der Waals surface area (Å²) in [5.74, 6) is -1.61. The summed E-state index contributed by atoms with van der Waals surface area (Å²) < 4.78 is 0. The van der Waals surface area contributed by atoms with Gasteiger partial charge >= 0.3 is 5.97 Å². The van der Waals surface area contributed by atoms with E-state index in [1.54, 1.807) is 12.1 Å². The van der Waals surface area contributed by atoms with E-state index in [1.807, 2.05) is 66.7 Å². The highest BCUT2D eigenvalue weighted by atomic mass is 16.4. The Labute approximate surface area is 168 Å². The number of nitrogens with zero attached hydrogens (tertiary/aromatic N) is 1. The molecule has 144 valence electrons. The quantitative estimate of drug-likeness (QED) is 0.540. The predicted molar refractivity (Wildman–Crippen MR) is 113 cm³/mol. The molecule has 29 heavy (non-hydrogen) atoms. The van der Waals surface area contributed by atoms with E-state index >= 15 is 0 Å². The number of amides is 1. The number of rotatable bonds is 5. The Balaban J connectivity index is 1.61. The standard InChI is InChI=1S/C24H20N2O3/c1-24(23(28)29,15-16-10-11-17-6-2-3-8-19(17)14-16)26-22(27)21-13-12-18-7-4-5-9-20(18)25-21/h2-14H,15H2,1H3,(H,26,27)(H,28,29). The molecule has 3 aromatic carbocycles. The van der Waals surface area contributed by atoms with E-state index in [-0.39, 0.29) is 12.1 Å². The van der Waals surface area contributed by atoms with Crippen LogP contribution in [0.25, 0.3) is 21.7 Å². The summed E-state index contributed by atoms with van der Waals surface area (Å²) >= 11 is 0. The monoisotopic (exact) mass is 384 g/mol. The van der Waals surface area contributed by atoms with Crippen LogP contribution in [0.1, 0.15) is 23.0 Å². The van der Waals surface area contributed by atoms with Crippen LogP contribution in [0.3, 0.4) is 0 Å². The number of pyridine rings is 1. The SMILES string of the molecule is CC(Cc1ccc2ccccc2c1)(NC(=O)c1ccc2ccccc2n1)C(=O)O. The van der Waals surface area contributed by atoms with Gasteiger partial charge in [-0.2, -0.15) is 0 Å². The average Bonchev–Trinajstić information content (AvgIpc) is 2.73. The average molecular weight is 384 g/mol. The Hall–Kier alpha value is -3.73. The maximum Gasteiger partial charge on any atom is 0.329 e. The van der Waals surface area contributed by atoms with Crippen LogP contribution in [0.15, 0.2) is 78.9 Å². The number of fused-ring (bicyclic) bond motifs is 2. The van der Waals surface area contributed by atoms with Gasteiger partial charge in [-0.25, -0.2) is 9.78 Å². The fraction of sp³-hybridized carbons (Fsp3) is 0.125. The van der Waals surface area contributed by atoms with Crippen LogP contribution < -0.4 is 5.32 Å². The van der Waals surface area contributed by atoms with E-state index in [9.17, 15) is 14.7 Å². The van der Waals surface area contributed by atoms with Gasteiger partial charge in [0.2, 0.25) is 0 Å². The molecule has 0 spiro atoms. The first-order valence-corrected chi connectivity index (χ1v) is 9.34. The minimum atomic E-state index is -1.47. The number of hydrogen-bond donors (Lipinski definition) is 2. The number of para-hydroxylation sites is 1. The van der Waals surface area contributed by atoms with Gasteiger partial charge in [-0.15, -0.1) is 0 Å². The van der Waals surface area contributed by atoms with Gasteiger partial charge in [0.1, 0.15) is 11.2 Å². The van der Waals surface area contributed by atoms with Crippen LogP contribution in [0.4, 0.5) is 0 Å². The number of carboxylic acids is 1. The second-order valence-corrected chi connectivity index (χ2v) is 7.34. The van der Waals surface area contributed by atoms with Gasteiger partial charge in [-0.05, 0) is 35.4 Å². The van der Waals surface area contributed by atoms with Crippen molar-refractivity contribution in [3.8, 4) is 0 Å². The van der Waals surface area contributed by atoms with Crippen molar-refractivity contribution in [2.24, 2.45) is 0 Å². The van der Waals surface area contributed by atoms with Gasteiger partial charge in [0, 0.05) is 11.8 Å². The van der Waals surface area contributed by atoms with Gasteiger partial charge in [0.15, 0.2) is 0 Å². The minimum Gasteiger partial charge on any atom is -0.480 e. The first-order valence-electron chi connectivity index (χ1n) is 9.34. The Kier molecular flexibility index (Phi) is 4.72. The third kappa shape index (κ3) is 3.80. The number of carbonyl (C=O) groups excluding carboxylic acids is 1. The van der Waals surface area contributed by atoms with E-state index in [0.717, 1.165) is 21.7 Å². The highest BCUT2D eigenvalue weighted by Crippen LogP contribution is 2.21. The van der Waals surface area contributed by atoms with E-state index in [2.05, 4.69) is 10.3 Å². The third-order valence-electron chi connectivity index (χ3n) is 5.06. The van der Waals surface area contributed by atoms with Crippen molar-refractivity contribution in [3.05, 3.63) is 90.1 Å². The van der Waals surface area contributed by atoms with E-state index in [4.69, 9.17) is 0 Å². The van der Waals surface area contributed by atoms with Crippen molar-refractivity contribution in [3.63, 3.8) is 0 Å². The Morgan fingerprint density at radius 3 is 2.31 bits per heavy atom. The third-order valence-corrected chi connectivity index (χ3v) is 5.06. The summed E-state index contributed by atoms with van der Waals surface area (Å²) in [6.07, 6.45) is 0.159. The molecule has 1 atom stereocenters. The first-order chi connectivity index (χ1) is 13.9. The van der Waals surface area contributed by atoms with Crippen LogP contribution in [-0.4, -0.2) is 27.5 Å². The molecule has 1 aromatic heterocycles. The van der Waals surface area contributed by atoms with Crippen LogP contribution in [0.5, 0.6) is 0 Å². The lowest BCUT2D eigenvalue weighted by Crippen LogP contribution is -2.54. The van der Waals surface area contributed by atoms with Crippen molar-refractivity contribution in [2.45, 2.75) is 18.9 Å². The lowest BCUT2D eigenvalue weighted by Gasteiger charge is -2.26. The van der Waals surface area contributed by atoms with Gasteiger partial charge in [-0.1, -0.05) is 66.7 Å². The van der Waals surface area contributed by atoms with Crippen LogP contribution in [-0.2, 0) is 11.2 Å². The summed E-state index contributed by atoms with van der Waals surface area (Å²) in [5, 5.41) is 15.5. The lowest BCUT2D eigenvalue weighted by atomic mass is 9.91. The van der Waals surface area contributed by atoms with Crippen molar-refractivity contribution >= 4 is 33.6 Å². The molecule has 2 N–H and O–H groups in total. The molecule has 4 aromatic rings. The molecule has 0 fully saturated rings. The highest BCUT2D eigenvalue weighted by Gasteiger charge is 2.35. The molecular weight excluding hydrogens is 364 g/mol.